The molecule has 2 N–H and O–H groups in total. The van der Waals surface area contributed by atoms with Crippen molar-refractivity contribution in [3.05, 3.63) is 89.5 Å². The van der Waals surface area contributed by atoms with E-state index in [9.17, 15) is 4.79 Å². The highest BCUT2D eigenvalue weighted by molar-refractivity contribution is 5.91. The molecule has 5 heteroatoms. The van der Waals surface area contributed by atoms with Gasteiger partial charge in [-0.3, -0.25) is 4.79 Å². The molecule has 0 saturated heterocycles. The third-order valence-electron chi connectivity index (χ3n) is 4.50. The lowest BCUT2D eigenvalue weighted by molar-refractivity contribution is -0.118. The normalized spacial score (nSPS) is 10.5. The lowest BCUT2D eigenvalue weighted by Crippen LogP contribution is -2.20. The molecule has 0 spiro atoms. The molecule has 1 amide bonds. The van der Waals surface area contributed by atoms with E-state index in [1.165, 1.54) is 5.56 Å². The van der Waals surface area contributed by atoms with Gasteiger partial charge in [-0.15, -0.1) is 0 Å². The summed E-state index contributed by atoms with van der Waals surface area (Å²) in [5.41, 5.74) is 4.22. The third kappa shape index (κ3) is 6.64. The van der Waals surface area contributed by atoms with Crippen LogP contribution in [0.5, 0.6) is 11.5 Å². The summed E-state index contributed by atoms with van der Waals surface area (Å²) in [5, 5.41) is 6.26. The third-order valence-corrected chi connectivity index (χ3v) is 4.50. The van der Waals surface area contributed by atoms with Crippen molar-refractivity contribution >= 4 is 11.6 Å². The average molecular weight is 405 g/mol. The topological polar surface area (TPSA) is 59.6 Å². The van der Waals surface area contributed by atoms with Gasteiger partial charge in [0.15, 0.2) is 18.1 Å². The summed E-state index contributed by atoms with van der Waals surface area (Å²) >= 11 is 0. The zero-order chi connectivity index (χ0) is 21.2. The molecule has 0 aliphatic rings. The predicted octanol–water partition coefficient (Wildman–Crippen LogP) is 4.70. The predicted molar refractivity (Wildman–Crippen MR) is 120 cm³/mol. The Morgan fingerprint density at radius 3 is 2.30 bits per heavy atom. The van der Waals surface area contributed by atoms with Crippen LogP contribution in [0, 0.1) is 6.92 Å². The van der Waals surface area contributed by atoms with Crippen molar-refractivity contribution in [2.24, 2.45) is 0 Å². The molecular weight excluding hydrogens is 376 g/mol. The van der Waals surface area contributed by atoms with Crippen molar-refractivity contribution in [1.29, 1.82) is 0 Å². The maximum absolute atomic E-state index is 12.2. The number of amides is 1. The Morgan fingerprint density at radius 2 is 1.57 bits per heavy atom. The monoisotopic (exact) mass is 404 g/mol. The van der Waals surface area contributed by atoms with Crippen LogP contribution in [-0.2, 0) is 17.9 Å². The summed E-state index contributed by atoms with van der Waals surface area (Å²) in [4.78, 5) is 12.2. The van der Waals surface area contributed by atoms with Gasteiger partial charge in [-0.1, -0.05) is 54.1 Å². The molecule has 0 bridgehead atoms. The van der Waals surface area contributed by atoms with Gasteiger partial charge in [-0.2, -0.15) is 0 Å². The number of hydrogen-bond donors (Lipinski definition) is 2. The molecule has 156 valence electrons. The standard InChI is InChI=1S/C25H28N2O3/c1-3-29-24-15-21(17-26-16-20-7-5-4-6-8-20)11-14-23(24)30-18-25(28)27-22-12-9-19(2)10-13-22/h4-15,26H,3,16-18H2,1-2H3,(H,27,28). The molecule has 3 aromatic carbocycles. The molecule has 0 aliphatic heterocycles. The zero-order valence-electron chi connectivity index (χ0n) is 17.5. The molecule has 0 fully saturated rings. The van der Waals surface area contributed by atoms with E-state index in [0.717, 1.165) is 23.4 Å². The van der Waals surface area contributed by atoms with Crippen LogP contribution in [0.3, 0.4) is 0 Å². The maximum Gasteiger partial charge on any atom is 0.262 e. The van der Waals surface area contributed by atoms with Gasteiger partial charge >= 0.3 is 0 Å². The highest BCUT2D eigenvalue weighted by atomic mass is 16.5. The van der Waals surface area contributed by atoms with Crippen molar-refractivity contribution in [2.45, 2.75) is 26.9 Å². The Bertz CT molecular complexity index is 940. The minimum absolute atomic E-state index is 0.0838. The smallest absolute Gasteiger partial charge is 0.262 e. The Hall–Kier alpha value is -3.31. The van der Waals surface area contributed by atoms with Crippen molar-refractivity contribution in [2.75, 3.05) is 18.5 Å². The Kier molecular flexibility index (Phi) is 7.86. The minimum atomic E-state index is -0.213. The molecule has 0 radical (unpaired) electrons. The number of rotatable bonds is 10. The van der Waals surface area contributed by atoms with Crippen LogP contribution in [0.15, 0.2) is 72.8 Å². The summed E-state index contributed by atoms with van der Waals surface area (Å²) in [5.74, 6) is 0.984. The highest BCUT2D eigenvalue weighted by Crippen LogP contribution is 2.28. The van der Waals surface area contributed by atoms with Gasteiger partial charge in [0.2, 0.25) is 0 Å². The van der Waals surface area contributed by atoms with E-state index in [1.54, 1.807) is 0 Å². The first-order valence-corrected chi connectivity index (χ1v) is 10.1. The van der Waals surface area contributed by atoms with Crippen molar-refractivity contribution < 1.29 is 14.3 Å². The Morgan fingerprint density at radius 1 is 0.833 bits per heavy atom. The fourth-order valence-electron chi connectivity index (χ4n) is 2.97. The molecule has 0 heterocycles. The molecule has 5 nitrogen and oxygen atoms in total. The minimum Gasteiger partial charge on any atom is -0.490 e. The summed E-state index contributed by atoms with van der Waals surface area (Å²) in [6.45, 7) is 5.87. The molecule has 0 unspecified atom stereocenters. The number of ether oxygens (including phenoxy) is 2. The lowest BCUT2D eigenvalue weighted by atomic mass is 10.2. The maximum atomic E-state index is 12.2. The van der Waals surface area contributed by atoms with Crippen LogP contribution in [0.1, 0.15) is 23.6 Å². The van der Waals surface area contributed by atoms with E-state index in [4.69, 9.17) is 9.47 Å². The number of hydrogen-bond acceptors (Lipinski definition) is 4. The zero-order valence-corrected chi connectivity index (χ0v) is 17.5. The van der Waals surface area contributed by atoms with Gasteiger partial charge in [0, 0.05) is 18.8 Å². The second-order valence-electron chi connectivity index (χ2n) is 7.01. The SMILES string of the molecule is CCOc1cc(CNCc2ccccc2)ccc1OCC(=O)Nc1ccc(C)cc1. The molecule has 3 rings (SSSR count). The van der Waals surface area contributed by atoms with Crippen LogP contribution < -0.4 is 20.1 Å². The van der Waals surface area contributed by atoms with Crippen molar-refractivity contribution in [3.8, 4) is 11.5 Å². The first kappa shape index (κ1) is 21.4. The fraction of sp³-hybridized carbons (Fsp3) is 0.240. The first-order valence-electron chi connectivity index (χ1n) is 10.1. The number of carbonyl (C=O) groups excluding carboxylic acids is 1. The number of aryl methyl sites for hydroxylation is 1. The molecule has 30 heavy (non-hydrogen) atoms. The van der Waals surface area contributed by atoms with E-state index >= 15 is 0 Å². The van der Waals surface area contributed by atoms with E-state index < -0.39 is 0 Å². The van der Waals surface area contributed by atoms with Crippen molar-refractivity contribution in [3.63, 3.8) is 0 Å². The molecule has 0 saturated carbocycles. The van der Waals surface area contributed by atoms with Crippen LogP contribution in [-0.4, -0.2) is 19.1 Å². The van der Waals surface area contributed by atoms with Gasteiger partial charge in [-0.05, 0) is 49.2 Å². The number of anilines is 1. The molecule has 0 aromatic heterocycles. The van der Waals surface area contributed by atoms with Crippen LogP contribution in [0.4, 0.5) is 5.69 Å². The summed E-state index contributed by atoms with van der Waals surface area (Å²) in [7, 11) is 0. The average Bonchev–Trinajstić information content (AvgIpc) is 2.76. The number of nitrogens with one attached hydrogen (secondary N) is 2. The number of benzene rings is 3. The Labute approximate surface area is 178 Å². The molecular formula is C25H28N2O3. The summed E-state index contributed by atoms with van der Waals surface area (Å²) in [6.07, 6.45) is 0. The van der Waals surface area contributed by atoms with Gasteiger partial charge in [-0.25, -0.2) is 0 Å². The largest absolute Gasteiger partial charge is 0.490 e. The van der Waals surface area contributed by atoms with E-state index in [1.807, 2.05) is 74.5 Å². The van der Waals surface area contributed by atoms with Gasteiger partial charge < -0.3 is 20.1 Å². The molecule has 3 aromatic rings. The summed E-state index contributed by atoms with van der Waals surface area (Å²) in [6, 6.07) is 23.7. The van der Waals surface area contributed by atoms with Crippen LogP contribution in [0.2, 0.25) is 0 Å². The fourth-order valence-corrected chi connectivity index (χ4v) is 2.97. The van der Waals surface area contributed by atoms with Crippen LogP contribution >= 0.6 is 0 Å². The molecule has 0 aliphatic carbocycles. The van der Waals surface area contributed by atoms with Crippen LogP contribution in [0.25, 0.3) is 0 Å². The highest BCUT2D eigenvalue weighted by Gasteiger charge is 2.10. The molecule has 0 atom stereocenters. The summed E-state index contributed by atoms with van der Waals surface area (Å²) < 4.78 is 11.4. The van der Waals surface area contributed by atoms with Gasteiger partial charge in [0.25, 0.3) is 5.91 Å². The number of carbonyl (C=O) groups is 1. The van der Waals surface area contributed by atoms with E-state index in [2.05, 4.69) is 22.8 Å². The lowest BCUT2D eigenvalue weighted by Gasteiger charge is -2.14. The van der Waals surface area contributed by atoms with E-state index in [-0.39, 0.29) is 12.5 Å². The second kappa shape index (κ2) is 11.0. The first-order chi connectivity index (χ1) is 14.6. The van der Waals surface area contributed by atoms with Gasteiger partial charge in [0.1, 0.15) is 0 Å². The Balaban J connectivity index is 1.54. The van der Waals surface area contributed by atoms with Gasteiger partial charge in [0.05, 0.1) is 6.61 Å². The second-order valence-corrected chi connectivity index (χ2v) is 7.01. The van der Waals surface area contributed by atoms with E-state index in [0.29, 0.717) is 24.7 Å². The quantitative estimate of drug-likeness (QED) is 0.514. The van der Waals surface area contributed by atoms with Crippen molar-refractivity contribution in [1.82, 2.24) is 5.32 Å².